The monoisotopic (exact) mass is 334 g/mol. The van der Waals surface area contributed by atoms with Gasteiger partial charge in [-0.1, -0.05) is 12.1 Å². The van der Waals surface area contributed by atoms with Gasteiger partial charge in [0.25, 0.3) is 0 Å². The second-order valence-electron chi connectivity index (χ2n) is 6.86. The predicted molar refractivity (Wildman–Crippen MR) is 98.9 cm³/mol. The molecule has 4 nitrogen and oxygen atoms in total. The van der Waals surface area contributed by atoms with E-state index >= 15 is 0 Å². The largest absolute Gasteiger partial charge is 0.356 e. The lowest BCUT2D eigenvalue weighted by molar-refractivity contribution is 0.141. The van der Waals surface area contributed by atoms with Gasteiger partial charge in [0, 0.05) is 32.7 Å². The molecular formula is C19H31FN4. The van der Waals surface area contributed by atoms with Crippen LogP contribution < -0.4 is 10.6 Å². The number of nitrogens with zero attached hydrogens (tertiary/aromatic N) is 2. The fourth-order valence-electron chi connectivity index (χ4n) is 3.21. The van der Waals surface area contributed by atoms with Crippen molar-refractivity contribution in [1.29, 1.82) is 0 Å². The maximum absolute atomic E-state index is 13.2. The summed E-state index contributed by atoms with van der Waals surface area (Å²) < 4.78 is 13.2. The first-order chi connectivity index (χ1) is 11.6. The Morgan fingerprint density at radius 2 is 2.21 bits per heavy atom. The molecule has 1 aromatic carbocycles. The summed E-state index contributed by atoms with van der Waals surface area (Å²) in [6.07, 6.45) is 3.33. The first-order valence-corrected chi connectivity index (χ1v) is 9.01. The number of nitrogens with one attached hydrogen (secondary N) is 2. The summed E-state index contributed by atoms with van der Waals surface area (Å²) in [6, 6.07) is 7.38. The van der Waals surface area contributed by atoms with Gasteiger partial charge in [-0.15, -0.1) is 0 Å². The molecule has 1 aromatic rings. The van der Waals surface area contributed by atoms with Gasteiger partial charge >= 0.3 is 0 Å². The maximum Gasteiger partial charge on any atom is 0.190 e. The molecular weight excluding hydrogens is 303 g/mol. The van der Waals surface area contributed by atoms with E-state index in [2.05, 4.69) is 34.4 Å². The number of rotatable bonds is 6. The van der Waals surface area contributed by atoms with Crippen LogP contribution in [0.25, 0.3) is 0 Å². The van der Waals surface area contributed by atoms with Crippen molar-refractivity contribution in [3.8, 4) is 0 Å². The number of halogens is 1. The summed E-state index contributed by atoms with van der Waals surface area (Å²) in [5.41, 5.74) is 0.998. The summed E-state index contributed by atoms with van der Waals surface area (Å²) in [6.45, 7) is 8.60. The van der Waals surface area contributed by atoms with Crippen molar-refractivity contribution in [3.63, 3.8) is 0 Å². The number of hydrogen-bond donors (Lipinski definition) is 2. The lowest BCUT2D eigenvalue weighted by Gasteiger charge is -2.35. The van der Waals surface area contributed by atoms with Crippen LogP contribution in [0, 0.1) is 11.7 Å². The van der Waals surface area contributed by atoms with Crippen molar-refractivity contribution in [3.05, 3.63) is 35.6 Å². The Bertz CT molecular complexity index is 530. The summed E-state index contributed by atoms with van der Waals surface area (Å²) in [5, 5.41) is 6.75. The number of piperidine rings is 1. The van der Waals surface area contributed by atoms with E-state index in [4.69, 9.17) is 0 Å². The average molecular weight is 334 g/mol. The highest BCUT2D eigenvalue weighted by Crippen LogP contribution is 2.17. The van der Waals surface area contributed by atoms with Crippen LogP contribution in [0.4, 0.5) is 4.39 Å². The first-order valence-electron chi connectivity index (χ1n) is 9.01. The van der Waals surface area contributed by atoms with Gasteiger partial charge in [0.05, 0.1) is 0 Å². The van der Waals surface area contributed by atoms with E-state index < -0.39 is 0 Å². The quantitative estimate of drug-likeness (QED) is 0.621. The van der Waals surface area contributed by atoms with Gasteiger partial charge in [0.2, 0.25) is 0 Å². The van der Waals surface area contributed by atoms with Gasteiger partial charge in [-0.05, 0) is 63.3 Å². The predicted octanol–water partition coefficient (Wildman–Crippen LogP) is 2.65. The van der Waals surface area contributed by atoms with Crippen LogP contribution in [0.15, 0.2) is 29.3 Å². The molecule has 1 fully saturated rings. The van der Waals surface area contributed by atoms with E-state index in [0.717, 1.165) is 37.6 Å². The van der Waals surface area contributed by atoms with Crippen LogP contribution in [0.5, 0.6) is 0 Å². The van der Waals surface area contributed by atoms with Gasteiger partial charge in [0.15, 0.2) is 5.96 Å². The molecule has 5 heteroatoms. The molecule has 1 heterocycles. The molecule has 1 aliphatic heterocycles. The minimum Gasteiger partial charge on any atom is -0.356 e. The van der Waals surface area contributed by atoms with Crippen molar-refractivity contribution < 1.29 is 4.39 Å². The standard InChI is InChI=1S/C19H31FN4/c1-15(2)24-11-5-7-17(14-24)13-23-19(21-3)22-10-9-16-6-4-8-18(20)12-16/h4,6,8,12,15,17H,5,7,9-11,13-14H2,1-3H3,(H2,21,22,23). The van der Waals surface area contributed by atoms with E-state index in [1.165, 1.54) is 25.5 Å². The highest BCUT2D eigenvalue weighted by molar-refractivity contribution is 5.79. The van der Waals surface area contributed by atoms with E-state index in [1.807, 2.05) is 6.07 Å². The zero-order valence-corrected chi connectivity index (χ0v) is 15.2. The molecule has 0 bridgehead atoms. The minimum atomic E-state index is -0.179. The Morgan fingerprint density at radius 3 is 2.92 bits per heavy atom. The van der Waals surface area contributed by atoms with Gasteiger partial charge in [-0.2, -0.15) is 0 Å². The van der Waals surface area contributed by atoms with Crippen LogP contribution >= 0.6 is 0 Å². The van der Waals surface area contributed by atoms with Crippen molar-refractivity contribution in [2.45, 2.75) is 39.2 Å². The Kier molecular flexibility index (Phi) is 7.50. The molecule has 0 saturated carbocycles. The second kappa shape index (κ2) is 9.62. The van der Waals surface area contributed by atoms with Crippen LogP contribution in [-0.4, -0.2) is 50.1 Å². The van der Waals surface area contributed by atoms with Crippen molar-refractivity contribution in [2.75, 3.05) is 33.2 Å². The van der Waals surface area contributed by atoms with Crippen LogP contribution in [0.3, 0.4) is 0 Å². The van der Waals surface area contributed by atoms with E-state index in [0.29, 0.717) is 12.0 Å². The smallest absolute Gasteiger partial charge is 0.190 e. The topological polar surface area (TPSA) is 39.7 Å². The molecule has 1 unspecified atom stereocenters. The second-order valence-corrected chi connectivity index (χ2v) is 6.86. The van der Waals surface area contributed by atoms with Gasteiger partial charge in [-0.3, -0.25) is 4.99 Å². The third-order valence-electron chi connectivity index (χ3n) is 4.66. The van der Waals surface area contributed by atoms with E-state index in [1.54, 1.807) is 19.2 Å². The molecule has 1 saturated heterocycles. The Labute approximate surface area is 145 Å². The molecule has 0 aromatic heterocycles. The zero-order chi connectivity index (χ0) is 17.4. The van der Waals surface area contributed by atoms with Gasteiger partial charge in [0.1, 0.15) is 5.82 Å². The van der Waals surface area contributed by atoms with E-state index in [-0.39, 0.29) is 5.82 Å². The van der Waals surface area contributed by atoms with E-state index in [9.17, 15) is 4.39 Å². The molecule has 0 spiro atoms. The Morgan fingerprint density at radius 1 is 1.38 bits per heavy atom. The molecule has 0 amide bonds. The Balaban J connectivity index is 1.70. The molecule has 24 heavy (non-hydrogen) atoms. The number of benzene rings is 1. The molecule has 0 radical (unpaired) electrons. The number of guanidine groups is 1. The maximum atomic E-state index is 13.2. The third kappa shape index (κ3) is 6.11. The normalized spacial score (nSPS) is 19.5. The summed E-state index contributed by atoms with van der Waals surface area (Å²) in [5.74, 6) is 1.32. The molecule has 2 N–H and O–H groups in total. The van der Waals surface area contributed by atoms with Gasteiger partial charge in [-0.25, -0.2) is 4.39 Å². The average Bonchev–Trinajstić information content (AvgIpc) is 2.58. The highest BCUT2D eigenvalue weighted by Gasteiger charge is 2.21. The van der Waals surface area contributed by atoms with Crippen molar-refractivity contribution in [1.82, 2.24) is 15.5 Å². The summed E-state index contributed by atoms with van der Waals surface area (Å²) >= 11 is 0. The number of hydrogen-bond acceptors (Lipinski definition) is 2. The first kappa shape index (κ1) is 18.7. The summed E-state index contributed by atoms with van der Waals surface area (Å²) in [4.78, 5) is 6.83. The van der Waals surface area contributed by atoms with Crippen LogP contribution in [-0.2, 0) is 6.42 Å². The SMILES string of the molecule is CN=C(NCCc1cccc(F)c1)NCC1CCCN(C(C)C)C1. The molecule has 1 aliphatic rings. The molecule has 2 rings (SSSR count). The molecule has 134 valence electrons. The number of aliphatic imine (C=N–C) groups is 1. The minimum absolute atomic E-state index is 0.179. The highest BCUT2D eigenvalue weighted by atomic mass is 19.1. The fourth-order valence-corrected chi connectivity index (χ4v) is 3.21. The number of likely N-dealkylation sites (tertiary alicyclic amines) is 1. The third-order valence-corrected chi connectivity index (χ3v) is 4.66. The molecule has 1 atom stereocenters. The Hall–Kier alpha value is -1.62. The van der Waals surface area contributed by atoms with Crippen molar-refractivity contribution >= 4 is 5.96 Å². The molecule has 0 aliphatic carbocycles. The lowest BCUT2D eigenvalue weighted by atomic mass is 9.97. The van der Waals surface area contributed by atoms with Crippen molar-refractivity contribution in [2.24, 2.45) is 10.9 Å². The van der Waals surface area contributed by atoms with Gasteiger partial charge < -0.3 is 15.5 Å². The van der Waals surface area contributed by atoms with Crippen LogP contribution in [0.2, 0.25) is 0 Å². The van der Waals surface area contributed by atoms with Crippen LogP contribution in [0.1, 0.15) is 32.3 Å². The lowest BCUT2D eigenvalue weighted by Crippen LogP contribution is -2.46. The fraction of sp³-hybridized carbons (Fsp3) is 0.632. The summed E-state index contributed by atoms with van der Waals surface area (Å²) in [7, 11) is 1.79. The zero-order valence-electron chi connectivity index (χ0n) is 15.2.